The third-order valence-electron chi connectivity index (χ3n) is 5.12. The first-order valence-corrected chi connectivity index (χ1v) is 10.3. The molecular weight excluding hydrogens is 384 g/mol. The van der Waals surface area contributed by atoms with Gasteiger partial charge in [-0.15, -0.1) is 0 Å². The summed E-state index contributed by atoms with van der Waals surface area (Å²) in [6, 6.07) is 12.4. The van der Waals surface area contributed by atoms with Gasteiger partial charge in [0, 0.05) is 28.1 Å². The summed E-state index contributed by atoms with van der Waals surface area (Å²) < 4.78 is 1.22. The number of hydrogen-bond donors (Lipinski definition) is 1. The molecule has 4 aromatic rings. The van der Waals surface area contributed by atoms with Crippen LogP contribution in [0.1, 0.15) is 29.0 Å². The number of benzene rings is 1. The Morgan fingerprint density at radius 2 is 1.86 bits per heavy atom. The van der Waals surface area contributed by atoms with Gasteiger partial charge in [-0.05, 0) is 43.9 Å². The Hall–Kier alpha value is -3.32. The molecule has 0 unspecified atom stereocenters. The Morgan fingerprint density at radius 1 is 1.07 bits per heavy atom. The fraction of sp³-hybridized carbons (Fsp3) is 0.182. The number of pyridine rings is 2. The van der Waals surface area contributed by atoms with Gasteiger partial charge < -0.3 is 5.11 Å². The lowest BCUT2D eigenvalue weighted by atomic mass is 10.0. The molecule has 5 rings (SSSR count). The highest BCUT2D eigenvalue weighted by atomic mass is 32.1. The first-order chi connectivity index (χ1) is 14.2. The zero-order chi connectivity index (χ0) is 19.8. The lowest BCUT2D eigenvalue weighted by molar-refractivity contribution is 0.435. The molecule has 6 nitrogen and oxygen atoms in total. The maximum Gasteiger partial charge on any atom is 0.267 e. The zero-order valence-electron chi connectivity index (χ0n) is 15.6. The maximum atomic E-state index is 13.0. The van der Waals surface area contributed by atoms with Gasteiger partial charge >= 0.3 is 0 Å². The highest BCUT2D eigenvalue weighted by molar-refractivity contribution is 7.15. The van der Waals surface area contributed by atoms with Gasteiger partial charge in [0.2, 0.25) is 11.0 Å². The van der Waals surface area contributed by atoms with Gasteiger partial charge in [-0.25, -0.2) is 19.5 Å². The van der Waals surface area contributed by atoms with E-state index in [9.17, 15) is 9.90 Å². The van der Waals surface area contributed by atoms with Gasteiger partial charge in [-0.1, -0.05) is 35.6 Å². The van der Waals surface area contributed by atoms with Gasteiger partial charge in [-0.3, -0.25) is 4.79 Å². The molecule has 3 heterocycles. The molecule has 1 aromatic carbocycles. The van der Waals surface area contributed by atoms with Gasteiger partial charge in [0.1, 0.15) is 5.82 Å². The van der Waals surface area contributed by atoms with Crippen LogP contribution in [-0.4, -0.2) is 25.9 Å². The van der Waals surface area contributed by atoms with E-state index in [2.05, 4.69) is 15.0 Å². The van der Waals surface area contributed by atoms with Crippen molar-refractivity contribution >= 4 is 33.5 Å². The van der Waals surface area contributed by atoms with E-state index >= 15 is 0 Å². The minimum Gasteiger partial charge on any atom is -0.494 e. The van der Waals surface area contributed by atoms with E-state index in [1.807, 2.05) is 12.1 Å². The molecule has 0 spiro atoms. The van der Waals surface area contributed by atoms with Crippen molar-refractivity contribution in [1.29, 1.82) is 0 Å². The Bertz CT molecular complexity index is 1270. The van der Waals surface area contributed by atoms with Crippen LogP contribution < -0.4 is 5.56 Å². The molecule has 1 aliphatic rings. The summed E-state index contributed by atoms with van der Waals surface area (Å²) in [6.07, 6.45) is 7.60. The molecule has 3 aromatic heterocycles. The molecule has 0 atom stereocenters. The number of aliphatic imine (C=N–C) groups is 1. The van der Waals surface area contributed by atoms with E-state index in [-0.39, 0.29) is 11.4 Å². The molecule has 7 heteroatoms. The number of hydrogen-bond acceptors (Lipinski definition) is 6. The monoisotopic (exact) mass is 402 g/mol. The summed E-state index contributed by atoms with van der Waals surface area (Å²) in [7, 11) is 0. The minimum absolute atomic E-state index is 0.183. The normalized spacial score (nSPS) is 13.8. The predicted molar refractivity (Wildman–Crippen MR) is 115 cm³/mol. The minimum atomic E-state index is -0.321. The van der Waals surface area contributed by atoms with Crippen molar-refractivity contribution in [2.75, 3.05) is 0 Å². The number of aromatic hydroxyl groups is 1. The summed E-state index contributed by atoms with van der Waals surface area (Å²) in [5.41, 5.74) is 1.29. The van der Waals surface area contributed by atoms with Crippen LogP contribution in [0.3, 0.4) is 0 Å². The van der Waals surface area contributed by atoms with Crippen LogP contribution in [0.4, 0.5) is 5.13 Å². The van der Waals surface area contributed by atoms with Crippen LogP contribution in [0.25, 0.3) is 16.6 Å². The molecule has 0 bridgehead atoms. The molecule has 0 aliphatic heterocycles. The SMILES string of the molecule is O=c1c2ccccc2c(/C=N/c2nc3c(s2)CCCC3)c(O)n1-c1ccccn1. The molecule has 0 saturated heterocycles. The molecule has 0 radical (unpaired) electrons. The van der Waals surface area contributed by atoms with Gasteiger partial charge in [0.25, 0.3) is 5.56 Å². The van der Waals surface area contributed by atoms with Crippen molar-refractivity contribution in [1.82, 2.24) is 14.5 Å². The number of rotatable bonds is 3. The summed E-state index contributed by atoms with van der Waals surface area (Å²) in [6.45, 7) is 0. The smallest absolute Gasteiger partial charge is 0.267 e. The first-order valence-electron chi connectivity index (χ1n) is 9.53. The van der Waals surface area contributed by atoms with Gasteiger partial charge in [0.15, 0.2) is 0 Å². The quantitative estimate of drug-likeness (QED) is 0.522. The first kappa shape index (κ1) is 17.8. The maximum absolute atomic E-state index is 13.0. The number of fused-ring (bicyclic) bond motifs is 2. The van der Waals surface area contributed by atoms with Crippen LogP contribution >= 0.6 is 11.3 Å². The molecule has 1 N–H and O–H groups in total. The van der Waals surface area contributed by atoms with E-state index < -0.39 is 0 Å². The standard InChI is InChI=1S/C22H18N4O2S/c27-20-15-8-2-1-7-14(15)16(21(28)26(20)19-11-5-6-12-23-19)13-24-22-25-17-9-3-4-10-18(17)29-22/h1-2,5-8,11-13,28H,3-4,9-10H2/b24-13+. The van der Waals surface area contributed by atoms with Crippen molar-refractivity contribution in [3.05, 3.63) is 75.1 Å². The summed E-state index contributed by atoms with van der Waals surface area (Å²) in [5, 5.41) is 12.8. The van der Waals surface area contributed by atoms with Crippen LogP contribution in [0.2, 0.25) is 0 Å². The van der Waals surface area contributed by atoms with Gasteiger partial charge in [-0.2, -0.15) is 0 Å². The van der Waals surface area contributed by atoms with Crippen molar-refractivity contribution in [3.8, 4) is 11.7 Å². The van der Waals surface area contributed by atoms with Gasteiger partial charge in [0.05, 0.1) is 11.3 Å². The molecule has 0 amide bonds. The molecular formula is C22H18N4O2S. The van der Waals surface area contributed by atoms with Crippen LogP contribution in [-0.2, 0) is 12.8 Å². The number of aryl methyl sites for hydroxylation is 2. The highest BCUT2D eigenvalue weighted by Gasteiger charge is 2.18. The van der Waals surface area contributed by atoms with E-state index in [1.165, 1.54) is 22.3 Å². The average molecular weight is 402 g/mol. The van der Waals surface area contributed by atoms with Crippen molar-refractivity contribution < 1.29 is 5.11 Å². The molecule has 29 heavy (non-hydrogen) atoms. The average Bonchev–Trinajstić information content (AvgIpc) is 3.17. The van der Waals surface area contributed by atoms with Crippen LogP contribution in [0, 0.1) is 0 Å². The van der Waals surface area contributed by atoms with Crippen molar-refractivity contribution in [2.24, 2.45) is 4.99 Å². The Labute approximate surface area is 170 Å². The fourth-order valence-corrected chi connectivity index (χ4v) is 4.69. The zero-order valence-corrected chi connectivity index (χ0v) is 16.4. The van der Waals surface area contributed by atoms with E-state index in [1.54, 1.807) is 54.1 Å². The Morgan fingerprint density at radius 3 is 2.66 bits per heavy atom. The van der Waals surface area contributed by atoms with Crippen molar-refractivity contribution in [3.63, 3.8) is 0 Å². The second-order valence-electron chi connectivity index (χ2n) is 6.94. The lowest BCUT2D eigenvalue weighted by Crippen LogP contribution is -2.20. The lowest BCUT2D eigenvalue weighted by Gasteiger charge is -2.12. The number of aromatic nitrogens is 3. The largest absolute Gasteiger partial charge is 0.494 e. The third kappa shape index (κ3) is 3.13. The van der Waals surface area contributed by atoms with Crippen molar-refractivity contribution in [2.45, 2.75) is 25.7 Å². The number of thiazole rings is 1. The second-order valence-corrected chi connectivity index (χ2v) is 8.01. The molecule has 0 saturated carbocycles. The molecule has 144 valence electrons. The van der Waals surface area contributed by atoms with E-state index in [4.69, 9.17) is 0 Å². The van der Waals surface area contributed by atoms with Crippen LogP contribution in [0.15, 0.2) is 58.4 Å². The Balaban J connectivity index is 1.69. The summed E-state index contributed by atoms with van der Waals surface area (Å²) in [4.78, 5) is 27.7. The third-order valence-corrected chi connectivity index (χ3v) is 6.19. The van der Waals surface area contributed by atoms with E-state index in [0.29, 0.717) is 27.3 Å². The topological polar surface area (TPSA) is 80.4 Å². The Kier molecular flexibility index (Phi) is 4.44. The second kappa shape index (κ2) is 7.25. The predicted octanol–water partition coefficient (Wildman–Crippen LogP) is 4.18. The fourth-order valence-electron chi connectivity index (χ4n) is 3.70. The number of nitrogens with zero attached hydrogens (tertiary/aromatic N) is 4. The summed E-state index contributed by atoms with van der Waals surface area (Å²) >= 11 is 1.60. The highest BCUT2D eigenvalue weighted by Crippen LogP contribution is 2.32. The van der Waals surface area contributed by atoms with E-state index in [0.717, 1.165) is 18.5 Å². The molecule has 1 aliphatic carbocycles. The summed E-state index contributed by atoms with van der Waals surface area (Å²) in [5.74, 6) is 0.178. The molecule has 0 fully saturated rings. The van der Waals surface area contributed by atoms with Crippen LogP contribution in [0.5, 0.6) is 5.88 Å².